The number of ether oxygens (including phenoxy) is 2. The van der Waals surface area contributed by atoms with E-state index in [1.165, 1.54) is 276 Å². The molecule has 1 saturated heterocycles. The molecule has 0 aromatic heterocycles. The molecule has 90 heavy (non-hydrogen) atoms. The minimum absolute atomic E-state index is 0.185. The molecule has 0 aromatic carbocycles. The number of rotatable bonds is 68. The van der Waals surface area contributed by atoms with Gasteiger partial charge in [0, 0.05) is 6.42 Å². The van der Waals surface area contributed by atoms with Crippen LogP contribution in [-0.4, -0.2) is 87.5 Å². The molecule has 7 unspecified atom stereocenters. The Bertz CT molecular complexity index is 1700. The molecule has 9 heteroatoms. The van der Waals surface area contributed by atoms with Crippen molar-refractivity contribution >= 4 is 5.91 Å². The van der Waals surface area contributed by atoms with Gasteiger partial charge in [0.2, 0.25) is 5.91 Å². The van der Waals surface area contributed by atoms with Crippen LogP contribution >= 0.6 is 0 Å². The molecule has 7 atom stereocenters. The van der Waals surface area contributed by atoms with Crippen molar-refractivity contribution in [2.45, 2.75) is 410 Å². The molecule has 1 aliphatic heterocycles. The van der Waals surface area contributed by atoms with E-state index in [0.29, 0.717) is 6.42 Å². The van der Waals surface area contributed by atoms with E-state index in [9.17, 15) is 30.3 Å². The van der Waals surface area contributed by atoms with Gasteiger partial charge in [-0.25, -0.2) is 0 Å². The summed E-state index contributed by atoms with van der Waals surface area (Å²) in [5, 5.41) is 54.8. The second-order valence-corrected chi connectivity index (χ2v) is 26.8. The lowest BCUT2D eigenvalue weighted by Crippen LogP contribution is -2.60. The summed E-state index contributed by atoms with van der Waals surface area (Å²) in [6.07, 6.45) is 93.0. The molecule has 1 rings (SSSR count). The Morgan fingerprint density at radius 3 is 1.07 bits per heavy atom. The zero-order valence-electron chi connectivity index (χ0n) is 58.9. The standard InChI is InChI=1S/C81H147NO8/c1-3-5-7-9-11-13-15-17-19-21-23-25-27-29-31-33-34-35-36-37-38-39-40-41-42-43-45-47-49-51-53-55-57-59-61-63-65-67-69-71-77(85)82-74(73-89-81-80(88)79(87)78(86)76(72-83)90-81)75(84)70-68-66-64-62-60-58-56-54-52-50-48-46-44-32-30-28-26-24-22-20-18-16-14-12-10-8-6-4-2/h5,7,11,13,17,19,23,25,52,54,60,62,68,70,74-76,78-81,83-84,86-88H,3-4,6,8-10,12,14-16,18,20-22,24,26-51,53,55-59,61,63-67,69,71-73H2,1-2H3,(H,82,85)/b7-5-,13-11-,19-17-,25-23-,54-52+,62-60+,70-68+. The molecule has 9 nitrogen and oxygen atoms in total. The number of hydrogen-bond donors (Lipinski definition) is 6. The van der Waals surface area contributed by atoms with Crippen molar-refractivity contribution in [1.82, 2.24) is 5.32 Å². The quantitative estimate of drug-likeness (QED) is 0.0261. The Labute approximate surface area is 556 Å². The van der Waals surface area contributed by atoms with E-state index in [0.717, 1.165) is 70.6 Å². The number of aliphatic hydroxyl groups excluding tert-OH is 5. The van der Waals surface area contributed by atoms with Crippen LogP contribution in [0.1, 0.15) is 367 Å². The normalized spacial score (nSPS) is 18.2. The topological polar surface area (TPSA) is 149 Å². The van der Waals surface area contributed by atoms with Gasteiger partial charge in [-0.1, -0.05) is 362 Å². The van der Waals surface area contributed by atoms with E-state index in [1.807, 2.05) is 6.08 Å². The average Bonchev–Trinajstić information content (AvgIpc) is 2.75. The first kappa shape index (κ1) is 85.4. The van der Waals surface area contributed by atoms with Gasteiger partial charge in [0.05, 0.1) is 25.4 Å². The van der Waals surface area contributed by atoms with Crippen LogP contribution in [0.25, 0.3) is 0 Å². The van der Waals surface area contributed by atoms with Crippen LogP contribution in [0.5, 0.6) is 0 Å². The Kier molecular flexibility index (Phi) is 65.7. The summed E-state index contributed by atoms with van der Waals surface area (Å²) >= 11 is 0. The highest BCUT2D eigenvalue weighted by molar-refractivity contribution is 5.76. The van der Waals surface area contributed by atoms with E-state index >= 15 is 0 Å². The molecule has 524 valence electrons. The number of carbonyl (C=O) groups is 1. The average molecular weight is 1260 g/mol. The summed E-state index contributed by atoms with van der Waals surface area (Å²) < 4.78 is 11.3. The molecule has 0 saturated carbocycles. The molecule has 1 amide bonds. The molecule has 6 N–H and O–H groups in total. The summed E-state index contributed by atoms with van der Waals surface area (Å²) in [5.41, 5.74) is 0. The first-order valence-electron chi connectivity index (χ1n) is 38.8. The van der Waals surface area contributed by atoms with Crippen LogP contribution in [0.4, 0.5) is 0 Å². The van der Waals surface area contributed by atoms with Gasteiger partial charge in [0.1, 0.15) is 24.4 Å². The molecular weight excluding hydrogens is 1110 g/mol. The van der Waals surface area contributed by atoms with E-state index in [2.05, 4.69) is 92.1 Å². The maximum Gasteiger partial charge on any atom is 0.220 e. The van der Waals surface area contributed by atoms with Crippen molar-refractivity contribution in [2.75, 3.05) is 13.2 Å². The van der Waals surface area contributed by atoms with Gasteiger partial charge in [-0.05, 0) is 83.5 Å². The number of aliphatic hydroxyl groups is 5. The van der Waals surface area contributed by atoms with Gasteiger partial charge in [0.25, 0.3) is 0 Å². The second kappa shape index (κ2) is 69.2. The molecule has 0 aromatic rings. The van der Waals surface area contributed by atoms with Crippen LogP contribution in [0.2, 0.25) is 0 Å². The maximum absolute atomic E-state index is 13.2. The van der Waals surface area contributed by atoms with Crippen LogP contribution in [0.3, 0.4) is 0 Å². The minimum atomic E-state index is -1.58. The van der Waals surface area contributed by atoms with Crippen molar-refractivity contribution in [3.8, 4) is 0 Å². The van der Waals surface area contributed by atoms with Crippen molar-refractivity contribution < 1.29 is 39.8 Å². The third-order valence-corrected chi connectivity index (χ3v) is 18.2. The predicted molar refractivity (Wildman–Crippen MR) is 387 cm³/mol. The maximum atomic E-state index is 13.2. The van der Waals surface area contributed by atoms with Gasteiger partial charge in [-0.2, -0.15) is 0 Å². The lowest BCUT2D eigenvalue weighted by Gasteiger charge is -2.40. The number of allylic oxidation sites excluding steroid dienone is 13. The zero-order valence-corrected chi connectivity index (χ0v) is 58.9. The molecule has 0 bridgehead atoms. The van der Waals surface area contributed by atoms with Gasteiger partial charge in [-0.3, -0.25) is 4.79 Å². The summed E-state index contributed by atoms with van der Waals surface area (Å²) in [6.45, 7) is 3.69. The molecule has 0 radical (unpaired) electrons. The summed E-state index contributed by atoms with van der Waals surface area (Å²) in [6, 6.07) is -0.832. The van der Waals surface area contributed by atoms with Crippen molar-refractivity contribution in [3.63, 3.8) is 0 Å². The predicted octanol–water partition coefficient (Wildman–Crippen LogP) is 22.0. The van der Waals surface area contributed by atoms with Gasteiger partial charge in [-0.15, -0.1) is 0 Å². The number of carbonyl (C=O) groups excluding carboxylic acids is 1. The monoisotopic (exact) mass is 1260 g/mol. The number of amides is 1. The van der Waals surface area contributed by atoms with E-state index < -0.39 is 49.5 Å². The van der Waals surface area contributed by atoms with Gasteiger partial charge < -0.3 is 40.3 Å². The lowest BCUT2D eigenvalue weighted by atomic mass is 9.99. The van der Waals surface area contributed by atoms with Gasteiger partial charge in [0.15, 0.2) is 6.29 Å². The van der Waals surface area contributed by atoms with E-state index in [4.69, 9.17) is 9.47 Å². The van der Waals surface area contributed by atoms with Crippen LogP contribution in [0, 0.1) is 0 Å². The third kappa shape index (κ3) is 56.9. The molecule has 1 fully saturated rings. The fourth-order valence-corrected chi connectivity index (χ4v) is 12.2. The Balaban J connectivity index is 2.09. The molecular formula is C81H147NO8. The molecule has 0 aliphatic carbocycles. The lowest BCUT2D eigenvalue weighted by molar-refractivity contribution is -0.302. The molecule has 0 spiro atoms. The first-order valence-corrected chi connectivity index (χ1v) is 38.8. The SMILES string of the molecule is CC/C=C\C/C=C\C/C=C\C/C=C\CCCCCCCCCCCCCCCCCCCCCCCCCCCCC(=O)NC(COC1OC(CO)C(O)C(O)C1O)C(O)/C=C/CC/C=C/CC/C=C/CCCCCCCCCCCCCCCCCCCC. The van der Waals surface area contributed by atoms with E-state index in [1.54, 1.807) is 6.08 Å². The zero-order chi connectivity index (χ0) is 64.9. The highest BCUT2D eigenvalue weighted by Gasteiger charge is 2.44. The second-order valence-electron chi connectivity index (χ2n) is 26.8. The van der Waals surface area contributed by atoms with Gasteiger partial charge >= 0.3 is 0 Å². The van der Waals surface area contributed by atoms with Crippen molar-refractivity contribution in [1.29, 1.82) is 0 Å². The minimum Gasteiger partial charge on any atom is -0.394 e. The third-order valence-electron chi connectivity index (χ3n) is 18.2. The molecule has 1 heterocycles. The van der Waals surface area contributed by atoms with Crippen LogP contribution < -0.4 is 5.32 Å². The first-order chi connectivity index (χ1) is 44.3. The summed E-state index contributed by atoms with van der Waals surface area (Å²) in [5.74, 6) is -0.185. The Morgan fingerprint density at radius 2 is 0.700 bits per heavy atom. The highest BCUT2D eigenvalue weighted by Crippen LogP contribution is 2.24. The Morgan fingerprint density at radius 1 is 0.389 bits per heavy atom. The largest absolute Gasteiger partial charge is 0.394 e. The molecule has 1 aliphatic rings. The fourth-order valence-electron chi connectivity index (χ4n) is 12.2. The summed E-state index contributed by atoms with van der Waals surface area (Å²) in [7, 11) is 0. The number of hydrogen-bond acceptors (Lipinski definition) is 8. The summed E-state index contributed by atoms with van der Waals surface area (Å²) in [4.78, 5) is 13.2. The Hall–Kier alpha value is -2.63. The van der Waals surface area contributed by atoms with Crippen molar-refractivity contribution in [3.05, 3.63) is 85.1 Å². The highest BCUT2D eigenvalue weighted by atomic mass is 16.7. The van der Waals surface area contributed by atoms with Crippen LogP contribution in [-0.2, 0) is 14.3 Å². The van der Waals surface area contributed by atoms with E-state index in [-0.39, 0.29) is 12.5 Å². The van der Waals surface area contributed by atoms with Crippen LogP contribution in [0.15, 0.2) is 85.1 Å². The van der Waals surface area contributed by atoms with Crippen molar-refractivity contribution in [2.24, 2.45) is 0 Å². The smallest absolute Gasteiger partial charge is 0.220 e. The number of unbranched alkanes of at least 4 members (excludes halogenated alkanes) is 46. The number of nitrogens with one attached hydrogen (secondary N) is 1. The fraction of sp³-hybridized carbons (Fsp3) is 0.815.